The molecule has 47 heavy (non-hydrogen) atoms. The van der Waals surface area contributed by atoms with Crippen LogP contribution in [0, 0.1) is 39.9 Å². The van der Waals surface area contributed by atoms with Crippen molar-refractivity contribution in [1.82, 2.24) is 4.31 Å². The van der Waals surface area contributed by atoms with Crippen LogP contribution in [-0.4, -0.2) is 78.2 Å². The number of carbonyl (C=O) groups is 3. The van der Waals surface area contributed by atoms with E-state index in [-0.39, 0.29) is 50.3 Å². The number of carbonyl (C=O) groups excluding carboxylic acids is 3. The van der Waals surface area contributed by atoms with E-state index in [1.807, 2.05) is 13.8 Å². The van der Waals surface area contributed by atoms with E-state index in [0.29, 0.717) is 25.3 Å². The topological polar surface area (TPSA) is 148 Å². The Morgan fingerprint density at radius 1 is 1.13 bits per heavy atom. The van der Waals surface area contributed by atoms with Crippen molar-refractivity contribution >= 4 is 27.6 Å². The van der Waals surface area contributed by atoms with E-state index in [4.69, 9.17) is 9.47 Å². The van der Waals surface area contributed by atoms with E-state index in [2.05, 4.69) is 6.58 Å². The zero-order valence-electron chi connectivity index (χ0n) is 26.1. The van der Waals surface area contributed by atoms with Crippen LogP contribution < -0.4 is 0 Å². The van der Waals surface area contributed by atoms with Gasteiger partial charge in [-0.1, -0.05) is 26.5 Å². The Labute approximate surface area is 270 Å². The summed E-state index contributed by atoms with van der Waals surface area (Å²) in [5.74, 6) is -6.85. The molecule has 10 nitrogen and oxygen atoms in total. The van der Waals surface area contributed by atoms with Crippen LogP contribution in [0.5, 0.6) is 0 Å². The molecule has 2 spiro atoms. The molecule has 8 atom stereocenters. The van der Waals surface area contributed by atoms with Crippen molar-refractivity contribution in [1.29, 1.82) is 0 Å². The fraction of sp³-hybridized carbons (Fsp3) is 0.667. The molecule has 0 aromatic heterocycles. The van der Waals surface area contributed by atoms with Crippen molar-refractivity contribution in [2.75, 3.05) is 19.7 Å². The molecule has 256 valence electrons. The summed E-state index contributed by atoms with van der Waals surface area (Å²) >= 11 is 0. The van der Waals surface area contributed by atoms with Gasteiger partial charge in [0.15, 0.2) is 5.78 Å². The number of esters is 1. The van der Waals surface area contributed by atoms with Gasteiger partial charge < -0.3 is 19.7 Å². The second-order valence-electron chi connectivity index (χ2n) is 14.9. The first-order valence-corrected chi connectivity index (χ1v) is 17.5. The number of sulfonamides is 1. The van der Waals surface area contributed by atoms with Gasteiger partial charge in [0.05, 0.1) is 28.4 Å². The lowest BCUT2D eigenvalue weighted by Crippen LogP contribution is -2.85. The van der Waals surface area contributed by atoms with Crippen LogP contribution in [0.4, 0.5) is 13.2 Å². The van der Waals surface area contributed by atoms with Gasteiger partial charge in [-0.25, -0.2) is 8.42 Å². The molecular weight excluding hydrogens is 643 g/mol. The molecule has 1 aromatic carbocycles. The first kappa shape index (κ1) is 32.9. The largest absolute Gasteiger partial charge is 0.460 e. The van der Waals surface area contributed by atoms with Crippen LogP contribution in [0.3, 0.4) is 0 Å². The third kappa shape index (κ3) is 4.11. The summed E-state index contributed by atoms with van der Waals surface area (Å²) in [7, 11) is -4.29. The van der Waals surface area contributed by atoms with Crippen molar-refractivity contribution in [3.8, 4) is 0 Å². The Morgan fingerprint density at radius 2 is 1.81 bits per heavy atom. The molecule has 4 aliphatic carbocycles. The fourth-order valence-corrected chi connectivity index (χ4v) is 11.8. The van der Waals surface area contributed by atoms with Crippen molar-refractivity contribution in [2.24, 2.45) is 39.9 Å². The van der Waals surface area contributed by atoms with Gasteiger partial charge in [-0.15, -0.1) is 0 Å². The SMILES string of the molecule is C=C1C(=O)[C@]23[C@H](OC(=O)C4CCN(S(=O)(=O)c5cccc(C(F)(F)F)c5)CC4)[C@H]1CC[C@H]2[C@@]12CO[C@@]3(O)[C@@H](O)[C@@H]1C(C)(C)CCC2=O. The number of nitrogens with zero attached hydrogens (tertiary/aromatic N) is 1. The first-order valence-electron chi connectivity index (χ1n) is 16.0. The molecule has 3 saturated heterocycles. The summed E-state index contributed by atoms with van der Waals surface area (Å²) in [6, 6.07) is 3.48. The summed E-state index contributed by atoms with van der Waals surface area (Å²) < 4.78 is 79.3. The van der Waals surface area contributed by atoms with Gasteiger partial charge in [0.1, 0.15) is 23.4 Å². The molecule has 0 radical (unpaired) electrons. The van der Waals surface area contributed by atoms with Crippen molar-refractivity contribution in [2.45, 2.75) is 81.4 Å². The highest BCUT2D eigenvalue weighted by atomic mass is 32.2. The molecule has 7 fully saturated rings. The second kappa shape index (κ2) is 10.2. The van der Waals surface area contributed by atoms with Gasteiger partial charge in [0, 0.05) is 31.3 Å². The lowest BCUT2D eigenvalue weighted by Gasteiger charge is -2.73. The predicted molar refractivity (Wildman–Crippen MR) is 156 cm³/mol. The molecule has 0 unspecified atom stereocenters. The average molecular weight is 682 g/mol. The molecule has 3 heterocycles. The van der Waals surface area contributed by atoms with Crippen LogP contribution >= 0.6 is 0 Å². The molecule has 4 saturated carbocycles. The highest BCUT2D eigenvalue weighted by Crippen LogP contribution is 2.76. The zero-order valence-corrected chi connectivity index (χ0v) is 26.9. The first-order chi connectivity index (χ1) is 21.8. The van der Waals surface area contributed by atoms with E-state index >= 15 is 0 Å². The number of ether oxygens (including phenoxy) is 2. The zero-order chi connectivity index (χ0) is 34.1. The van der Waals surface area contributed by atoms with Gasteiger partial charge in [0.25, 0.3) is 0 Å². The van der Waals surface area contributed by atoms with Crippen LogP contribution in [-0.2, 0) is 40.1 Å². The Hall–Kier alpha value is -2.65. The number of aliphatic hydroxyl groups excluding tert-OH is 1. The minimum Gasteiger partial charge on any atom is -0.460 e. The van der Waals surface area contributed by atoms with E-state index in [1.165, 1.54) is 0 Å². The molecule has 14 heteroatoms. The molecule has 4 bridgehead atoms. The number of fused-ring (bicyclic) bond motifs is 2. The van der Waals surface area contributed by atoms with Gasteiger partial charge in [0.2, 0.25) is 15.8 Å². The third-order valence-corrected chi connectivity index (χ3v) is 14.3. The molecule has 0 amide bonds. The second-order valence-corrected chi connectivity index (χ2v) is 16.8. The monoisotopic (exact) mass is 681 g/mol. The standard InChI is InChI=1S/C33H38F3NO9S/c1-17-21-7-8-22-30-16-45-32(42,26(40)24(30)29(2,3)12-9-23(30)38)31(22,25(17)39)27(21)46-28(41)18-10-13-37(14-11-18)47(43,44)20-6-4-5-19(15-20)33(34,35)36/h4-6,15,18,21-22,24,26-27,40,42H,1,7-14,16H2,2-3H3/t21-,22-,24+,26-,27+,30+,31-,32-/m0/s1. The molecule has 8 rings (SSSR count). The minimum atomic E-state index is -4.72. The van der Waals surface area contributed by atoms with Gasteiger partial charge in [-0.3, -0.25) is 14.4 Å². The maximum Gasteiger partial charge on any atom is 0.416 e. The Morgan fingerprint density at radius 3 is 2.47 bits per heavy atom. The van der Waals surface area contributed by atoms with Crippen molar-refractivity contribution in [3.05, 3.63) is 42.0 Å². The van der Waals surface area contributed by atoms with Crippen LogP contribution in [0.15, 0.2) is 41.3 Å². The van der Waals surface area contributed by atoms with E-state index in [9.17, 15) is 46.2 Å². The minimum absolute atomic E-state index is 0.00180. The fourth-order valence-electron chi connectivity index (χ4n) is 10.3. The molecule has 3 aliphatic heterocycles. The molecule has 1 aromatic rings. The number of piperidine rings is 1. The quantitative estimate of drug-likeness (QED) is 0.361. The van der Waals surface area contributed by atoms with E-state index in [1.54, 1.807) is 0 Å². The van der Waals surface area contributed by atoms with Crippen LogP contribution in [0.2, 0.25) is 0 Å². The summed E-state index contributed by atoms with van der Waals surface area (Å²) in [6.45, 7) is 7.38. The average Bonchev–Trinajstić information content (AvgIpc) is 3.13. The maximum absolute atomic E-state index is 14.3. The van der Waals surface area contributed by atoms with E-state index in [0.717, 1.165) is 22.5 Å². The third-order valence-electron chi connectivity index (χ3n) is 12.4. The number of ketones is 2. The number of aliphatic hydroxyl groups is 2. The van der Waals surface area contributed by atoms with E-state index < -0.39 is 96.3 Å². The molecule has 7 aliphatic rings. The smallest absolute Gasteiger partial charge is 0.416 e. The summed E-state index contributed by atoms with van der Waals surface area (Å²) in [5.41, 5.74) is -4.74. The highest BCUT2D eigenvalue weighted by molar-refractivity contribution is 7.89. The lowest BCUT2D eigenvalue weighted by molar-refractivity contribution is -0.437. The number of hydrogen-bond acceptors (Lipinski definition) is 9. The summed E-state index contributed by atoms with van der Waals surface area (Å²) in [4.78, 5) is 41.4. The van der Waals surface area contributed by atoms with Crippen molar-refractivity contribution in [3.63, 3.8) is 0 Å². The number of alkyl halides is 3. The summed E-state index contributed by atoms with van der Waals surface area (Å²) in [6.07, 6.45) is -6.15. The Kier molecular flexibility index (Phi) is 7.13. The number of benzene rings is 1. The summed E-state index contributed by atoms with van der Waals surface area (Å²) in [5, 5.41) is 24.2. The Bertz CT molecular complexity index is 1690. The van der Waals surface area contributed by atoms with Crippen LogP contribution in [0.1, 0.15) is 57.9 Å². The molecular formula is C33H38F3NO9S. The van der Waals surface area contributed by atoms with Crippen LogP contribution in [0.25, 0.3) is 0 Å². The van der Waals surface area contributed by atoms with Crippen molar-refractivity contribution < 1.29 is 55.7 Å². The number of rotatable bonds is 4. The number of hydrogen-bond donors (Lipinski definition) is 2. The molecule has 2 N–H and O–H groups in total. The van der Waals surface area contributed by atoms with Gasteiger partial charge >= 0.3 is 12.1 Å². The van der Waals surface area contributed by atoms with Gasteiger partial charge in [-0.05, 0) is 67.2 Å². The Balaban J connectivity index is 1.16. The number of halogens is 3. The lowest BCUT2D eigenvalue weighted by atomic mass is 9.36. The highest BCUT2D eigenvalue weighted by Gasteiger charge is 2.88. The predicted octanol–water partition coefficient (Wildman–Crippen LogP) is 3.25. The number of Topliss-reactive ketones (excluding diaryl/α,β-unsaturated/α-hetero) is 2. The maximum atomic E-state index is 14.3. The van der Waals surface area contributed by atoms with Gasteiger partial charge in [-0.2, -0.15) is 17.5 Å². The normalized spacial score (nSPS) is 40.2.